The molecule has 0 radical (unpaired) electrons. The number of unbranched alkanes of at least 4 members (excludes halogenated alkanes) is 4. The first-order valence-electron chi connectivity index (χ1n) is 10.9. The zero-order valence-corrected chi connectivity index (χ0v) is 18.0. The van der Waals surface area contributed by atoms with Gasteiger partial charge in [0.1, 0.15) is 5.75 Å². The van der Waals surface area contributed by atoms with Crippen LogP contribution in [-0.2, 0) is 17.6 Å². The number of hydrogen-bond donors (Lipinski definition) is 0. The Morgan fingerprint density at radius 3 is 2.14 bits per heavy atom. The van der Waals surface area contributed by atoms with Crippen LogP contribution in [0.1, 0.15) is 74.6 Å². The van der Waals surface area contributed by atoms with E-state index in [9.17, 15) is 4.79 Å². The Balaban J connectivity index is 2.43. The van der Waals surface area contributed by atoms with E-state index in [0.29, 0.717) is 5.75 Å². The van der Waals surface area contributed by atoms with Crippen LogP contribution in [-0.4, -0.2) is 5.97 Å². The van der Waals surface area contributed by atoms with E-state index in [0.717, 1.165) is 25.7 Å². The van der Waals surface area contributed by atoms with Crippen LogP contribution in [0.3, 0.4) is 0 Å². The van der Waals surface area contributed by atoms with Crippen molar-refractivity contribution < 1.29 is 9.53 Å². The van der Waals surface area contributed by atoms with Crippen molar-refractivity contribution in [3.8, 4) is 5.75 Å². The number of carbonyl (C=O) groups is 1. The predicted octanol–water partition coefficient (Wildman–Crippen LogP) is 7.41. The van der Waals surface area contributed by atoms with Crippen LogP contribution in [0, 0.1) is 0 Å². The van der Waals surface area contributed by atoms with Crippen LogP contribution in [0.4, 0.5) is 0 Å². The van der Waals surface area contributed by atoms with Crippen molar-refractivity contribution in [1.29, 1.82) is 0 Å². The second-order valence-electron chi connectivity index (χ2n) is 7.39. The van der Waals surface area contributed by atoms with E-state index in [-0.39, 0.29) is 0 Å². The molecule has 0 N–H and O–H groups in total. The molecule has 0 amide bonds. The van der Waals surface area contributed by atoms with E-state index in [1.807, 2.05) is 12.1 Å². The molecule has 2 aromatic carbocycles. The Kier molecular flexibility index (Phi) is 9.99. The SMILES string of the molecule is C=CC(=O)Oc1ccc(C=Cc2ccccc2)c(CCCCC)c1CCCCC. The summed E-state index contributed by atoms with van der Waals surface area (Å²) in [6, 6.07) is 14.4. The maximum absolute atomic E-state index is 11.9. The molecule has 0 bridgehead atoms. The summed E-state index contributed by atoms with van der Waals surface area (Å²) in [4.78, 5) is 11.9. The molecule has 2 rings (SSSR count). The highest BCUT2D eigenvalue weighted by Gasteiger charge is 2.15. The van der Waals surface area contributed by atoms with Crippen molar-refractivity contribution in [3.05, 3.63) is 77.4 Å². The van der Waals surface area contributed by atoms with Gasteiger partial charge < -0.3 is 4.74 Å². The summed E-state index contributed by atoms with van der Waals surface area (Å²) in [5.74, 6) is 0.295. The monoisotopic (exact) mass is 390 g/mol. The second-order valence-corrected chi connectivity index (χ2v) is 7.39. The fourth-order valence-electron chi connectivity index (χ4n) is 3.51. The molecule has 29 heavy (non-hydrogen) atoms. The van der Waals surface area contributed by atoms with Crippen LogP contribution in [0.25, 0.3) is 12.2 Å². The van der Waals surface area contributed by atoms with Crippen LogP contribution in [0.2, 0.25) is 0 Å². The van der Waals surface area contributed by atoms with E-state index in [1.54, 1.807) is 0 Å². The Bertz CT molecular complexity index is 803. The first-order valence-corrected chi connectivity index (χ1v) is 10.9. The number of ether oxygens (including phenoxy) is 1. The molecule has 0 aliphatic rings. The summed E-state index contributed by atoms with van der Waals surface area (Å²) in [7, 11) is 0. The van der Waals surface area contributed by atoms with Gasteiger partial charge in [-0.25, -0.2) is 4.79 Å². The van der Waals surface area contributed by atoms with Gasteiger partial charge in [0.25, 0.3) is 0 Å². The molecule has 0 saturated carbocycles. The molecule has 0 saturated heterocycles. The third-order valence-electron chi connectivity index (χ3n) is 5.12. The zero-order chi connectivity index (χ0) is 20.9. The largest absolute Gasteiger partial charge is 0.423 e. The highest BCUT2D eigenvalue weighted by molar-refractivity contribution is 5.84. The lowest BCUT2D eigenvalue weighted by molar-refractivity contribution is -0.129. The number of rotatable bonds is 12. The van der Waals surface area contributed by atoms with Gasteiger partial charge in [-0.15, -0.1) is 0 Å². The smallest absolute Gasteiger partial charge is 0.335 e. The molecule has 0 spiro atoms. The quantitative estimate of drug-likeness (QED) is 0.124. The molecule has 0 heterocycles. The fraction of sp³-hybridized carbons (Fsp3) is 0.370. The predicted molar refractivity (Wildman–Crippen MR) is 124 cm³/mol. The molecule has 0 aliphatic heterocycles. The van der Waals surface area contributed by atoms with Crippen LogP contribution in [0.5, 0.6) is 5.75 Å². The van der Waals surface area contributed by atoms with Crippen molar-refractivity contribution >= 4 is 18.1 Å². The van der Waals surface area contributed by atoms with Crippen LogP contribution < -0.4 is 4.74 Å². The molecular weight excluding hydrogens is 356 g/mol. The van der Waals surface area contributed by atoms with Crippen molar-refractivity contribution in [2.45, 2.75) is 65.2 Å². The number of hydrogen-bond acceptors (Lipinski definition) is 2. The minimum atomic E-state index is -0.395. The first kappa shape index (κ1) is 22.7. The van der Waals surface area contributed by atoms with Gasteiger partial charge in [0.2, 0.25) is 0 Å². The summed E-state index contributed by atoms with van der Waals surface area (Å²) >= 11 is 0. The summed E-state index contributed by atoms with van der Waals surface area (Å²) in [5, 5.41) is 0. The van der Waals surface area contributed by atoms with Gasteiger partial charge in [-0.05, 0) is 54.0 Å². The van der Waals surface area contributed by atoms with Crippen molar-refractivity contribution in [2.24, 2.45) is 0 Å². The number of benzene rings is 2. The number of carbonyl (C=O) groups excluding carboxylic acids is 1. The van der Waals surface area contributed by atoms with Crippen LogP contribution in [0.15, 0.2) is 55.1 Å². The lowest BCUT2D eigenvalue weighted by Crippen LogP contribution is -2.08. The van der Waals surface area contributed by atoms with E-state index < -0.39 is 5.97 Å². The average Bonchev–Trinajstić information content (AvgIpc) is 2.75. The maximum Gasteiger partial charge on any atom is 0.335 e. The minimum Gasteiger partial charge on any atom is -0.423 e. The summed E-state index contributed by atoms with van der Waals surface area (Å²) < 4.78 is 5.61. The third kappa shape index (κ3) is 7.38. The van der Waals surface area contributed by atoms with Gasteiger partial charge in [-0.2, -0.15) is 0 Å². The zero-order valence-electron chi connectivity index (χ0n) is 18.0. The molecule has 0 unspecified atom stereocenters. The summed E-state index contributed by atoms with van der Waals surface area (Å²) in [6.07, 6.45) is 14.5. The molecule has 2 aromatic rings. The van der Waals surface area contributed by atoms with E-state index in [1.165, 1.54) is 54.0 Å². The number of esters is 1. The van der Waals surface area contributed by atoms with Gasteiger partial charge in [0.05, 0.1) is 0 Å². The van der Waals surface area contributed by atoms with Gasteiger partial charge in [-0.1, -0.05) is 94.7 Å². The topological polar surface area (TPSA) is 26.3 Å². The minimum absolute atomic E-state index is 0.395. The Morgan fingerprint density at radius 2 is 1.52 bits per heavy atom. The fourth-order valence-corrected chi connectivity index (χ4v) is 3.51. The normalized spacial score (nSPS) is 11.0. The molecule has 2 nitrogen and oxygen atoms in total. The van der Waals surface area contributed by atoms with Crippen molar-refractivity contribution in [2.75, 3.05) is 0 Å². The molecule has 0 fully saturated rings. The van der Waals surface area contributed by atoms with Gasteiger partial charge in [-0.3, -0.25) is 0 Å². The highest BCUT2D eigenvalue weighted by Crippen LogP contribution is 2.31. The van der Waals surface area contributed by atoms with E-state index >= 15 is 0 Å². The van der Waals surface area contributed by atoms with E-state index in [2.05, 4.69) is 62.9 Å². The third-order valence-corrected chi connectivity index (χ3v) is 5.12. The van der Waals surface area contributed by atoms with Crippen molar-refractivity contribution in [3.63, 3.8) is 0 Å². The summed E-state index contributed by atoms with van der Waals surface area (Å²) in [6.45, 7) is 7.97. The Labute approximate surface area is 176 Å². The maximum atomic E-state index is 11.9. The highest BCUT2D eigenvalue weighted by atomic mass is 16.5. The Hall–Kier alpha value is -2.61. The lowest BCUT2D eigenvalue weighted by Gasteiger charge is -2.17. The first-order chi connectivity index (χ1) is 14.2. The van der Waals surface area contributed by atoms with Gasteiger partial charge in [0, 0.05) is 6.08 Å². The molecular formula is C27H34O2. The molecule has 0 atom stereocenters. The molecule has 0 aromatic heterocycles. The molecule has 2 heteroatoms. The summed E-state index contributed by atoms with van der Waals surface area (Å²) in [5.41, 5.74) is 4.90. The van der Waals surface area contributed by atoms with E-state index in [4.69, 9.17) is 4.74 Å². The van der Waals surface area contributed by atoms with Crippen molar-refractivity contribution in [1.82, 2.24) is 0 Å². The molecule has 0 aliphatic carbocycles. The van der Waals surface area contributed by atoms with Gasteiger partial charge >= 0.3 is 5.97 Å². The average molecular weight is 391 g/mol. The van der Waals surface area contributed by atoms with Gasteiger partial charge in [0.15, 0.2) is 0 Å². The molecule has 154 valence electrons. The standard InChI is InChI=1S/C27H34O2/c1-4-7-10-16-24-23(19-18-22-14-12-9-13-15-22)20-21-26(29-27(28)6-3)25(24)17-11-8-5-2/h6,9,12-15,18-21H,3-5,7-8,10-11,16-17H2,1-2H3. The van der Waals surface area contributed by atoms with Crippen LogP contribution >= 0.6 is 0 Å². The Morgan fingerprint density at radius 1 is 0.862 bits per heavy atom. The lowest BCUT2D eigenvalue weighted by atomic mass is 9.91. The second kappa shape index (κ2) is 12.8.